The van der Waals surface area contributed by atoms with Crippen LogP contribution >= 0.6 is 12.2 Å². The Bertz CT molecular complexity index is 1170. The van der Waals surface area contributed by atoms with Crippen LogP contribution in [0.4, 0.5) is 5.69 Å². The summed E-state index contributed by atoms with van der Waals surface area (Å²) in [4.78, 5) is 19.7. The lowest BCUT2D eigenvalue weighted by Crippen LogP contribution is -2.33. The Balaban J connectivity index is 1.39. The summed E-state index contributed by atoms with van der Waals surface area (Å²) in [6, 6.07) is 18.7. The quantitative estimate of drug-likeness (QED) is 0.419. The average molecular weight is 488 g/mol. The number of hydrogen-bond donors (Lipinski definition) is 2. The average Bonchev–Trinajstić information content (AvgIpc) is 3.48. The maximum atomic E-state index is 12.8. The van der Waals surface area contributed by atoms with Gasteiger partial charge in [0.2, 0.25) is 5.91 Å². The van der Waals surface area contributed by atoms with E-state index >= 15 is 0 Å². The van der Waals surface area contributed by atoms with E-state index in [2.05, 4.69) is 49.5 Å². The lowest BCUT2D eigenvalue weighted by Gasteiger charge is -2.32. The molecular formula is C28H33N5OS. The first-order valence-corrected chi connectivity index (χ1v) is 13.0. The smallest absolute Gasteiger partial charge is 0.226 e. The van der Waals surface area contributed by atoms with Crippen LogP contribution in [0, 0.1) is 6.92 Å². The molecule has 1 aliphatic carbocycles. The third-order valence-corrected chi connectivity index (χ3v) is 7.51. The van der Waals surface area contributed by atoms with Crippen LogP contribution in [0.2, 0.25) is 0 Å². The van der Waals surface area contributed by atoms with Crippen molar-refractivity contribution >= 4 is 28.9 Å². The van der Waals surface area contributed by atoms with Crippen LogP contribution in [0.5, 0.6) is 0 Å². The standard InChI is InChI=1S/C28H33N5OS/c1-20-9-7-10-21(19-20)30-25(34)15-18-33-27(26(31-28(33)35)23-13-5-6-16-29-23)24-14-8-17-32(24)22-11-3-2-4-12-22/h5-10,13-14,16-17,19,22,26-27H,2-4,11-12,15,18H2,1H3,(H,30,34)(H,31,35). The molecule has 6 nitrogen and oxygen atoms in total. The van der Waals surface area contributed by atoms with Gasteiger partial charge in [-0.15, -0.1) is 0 Å². The Morgan fingerprint density at radius 2 is 1.97 bits per heavy atom. The van der Waals surface area contributed by atoms with Gasteiger partial charge in [0.25, 0.3) is 0 Å². The van der Waals surface area contributed by atoms with Gasteiger partial charge in [-0.05, 0) is 73.9 Å². The zero-order valence-electron chi connectivity index (χ0n) is 20.2. The number of pyridine rings is 1. The third-order valence-electron chi connectivity index (χ3n) is 7.16. The number of nitrogens with one attached hydrogen (secondary N) is 2. The lowest BCUT2D eigenvalue weighted by atomic mass is 9.94. The van der Waals surface area contributed by atoms with Crippen LogP contribution in [0.25, 0.3) is 0 Å². The first-order chi connectivity index (χ1) is 17.1. The lowest BCUT2D eigenvalue weighted by molar-refractivity contribution is -0.116. The van der Waals surface area contributed by atoms with Crippen LogP contribution in [-0.4, -0.2) is 32.0 Å². The predicted molar refractivity (Wildman–Crippen MR) is 143 cm³/mol. The number of benzene rings is 1. The minimum absolute atomic E-state index is 0.0129. The van der Waals surface area contributed by atoms with Gasteiger partial charge in [0, 0.05) is 42.8 Å². The molecule has 35 heavy (non-hydrogen) atoms. The number of hydrogen-bond acceptors (Lipinski definition) is 3. The summed E-state index contributed by atoms with van der Waals surface area (Å²) in [5, 5.41) is 7.22. The van der Waals surface area contributed by atoms with Gasteiger partial charge in [0.15, 0.2) is 5.11 Å². The van der Waals surface area contributed by atoms with Crippen molar-refractivity contribution in [3.8, 4) is 0 Å². The molecule has 2 aromatic heterocycles. The van der Waals surface area contributed by atoms with Gasteiger partial charge >= 0.3 is 0 Å². The predicted octanol–water partition coefficient (Wildman–Crippen LogP) is 5.70. The fraction of sp³-hybridized carbons (Fsp3) is 0.393. The summed E-state index contributed by atoms with van der Waals surface area (Å²) in [6.07, 6.45) is 10.7. The molecule has 3 heterocycles. The Hall–Kier alpha value is -3.19. The Labute approximate surface area is 212 Å². The number of amides is 1. The number of nitrogens with zero attached hydrogens (tertiary/aromatic N) is 3. The van der Waals surface area contributed by atoms with Gasteiger partial charge in [-0.25, -0.2) is 0 Å². The Kier molecular flexibility index (Phi) is 7.13. The first kappa shape index (κ1) is 23.5. The van der Waals surface area contributed by atoms with Gasteiger partial charge in [0.1, 0.15) is 0 Å². The van der Waals surface area contributed by atoms with Crippen molar-refractivity contribution in [1.82, 2.24) is 19.8 Å². The van der Waals surface area contributed by atoms with Crippen LogP contribution in [0.1, 0.15) is 73.6 Å². The number of thiocarbonyl (C=S) groups is 1. The van der Waals surface area contributed by atoms with Crippen molar-refractivity contribution < 1.29 is 4.79 Å². The van der Waals surface area contributed by atoms with Gasteiger partial charge in [-0.2, -0.15) is 0 Å². The summed E-state index contributed by atoms with van der Waals surface area (Å²) >= 11 is 5.81. The molecular weight excluding hydrogens is 454 g/mol. The minimum atomic E-state index is -0.0687. The number of aromatic nitrogens is 2. The molecule has 2 aliphatic rings. The molecule has 2 atom stereocenters. The molecule has 1 aromatic carbocycles. The Morgan fingerprint density at radius 1 is 1.11 bits per heavy atom. The molecule has 2 unspecified atom stereocenters. The van der Waals surface area contributed by atoms with Gasteiger partial charge in [-0.3, -0.25) is 9.78 Å². The molecule has 5 rings (SSSR count). The maximum absolute atomic E-state index is 12.8. The van der Waals surface area contributed by atoms with E-state index in [4.69, 9.17) is 12.2 Å². The topological polar surface area (TPSA) is 62.2 Å². The largest absolute Gasteiger partial charge is 0.352 e. The van der Waals surface area contributed by atoms with E-state index < -0.39 is 0 Å². The summed E-state index contributed by atoms with van der Waals surface area (Å²) in [5.41, 5.74) is 4.14. The van der Waals surface area contributed by atoms with Crippen LogP contribution in [0.15, 0.2) is 67.0 Å². The molecule has 0 radical (unpaired) electrons. The normalized spacial score (nSPS) is 20.6. The summed E-state index contributed by atoms with van der Waals surface area (Å²) < 4.78 is 2.45. The van der Waals surface area contributed by atoms with Crippen molar-refractivity contribution in [2.45, 2.75) is 63.6 Å². The number of anilines is 1. The van der Waals surface area contributed by atoms with Crippen molar-refractivity contribution in [2.75, 3.05) is 11.9 Å². The van der Waals surface area contributed by atoms with E-state index in [1.165, 1.54) is 37.8 Å². The molecule has 0 spiro atoms. The highest BCUT2D eigenvalue weighted by Gasteiger charge is 2.41. The van der Waals surface area contributed by atoms with E-state index in [1.807, 2.05) is 49.5 Å². The van der Waals surface area contributed by atoms with E-state index in [0.717, 1.165) is 16.9 Å². The second-order valence-electron chi connectivity index (χ2n) is 9.62. The molecule has 1 saturated carbocycles. The van der Waals surface area contributed by atoms with Gasteiger partial charge < -0.3 is 20.1 Å². The van der Waals surface area contributed by atoms with E-state index in [0.29, 0.717) is 24.1 Å². The van der Waals surface area contributed by atoms with Gasteiger partial charge in [-0.1, -0.05) is 37.5 Å². The molecule has 1 saturated heterocycles. The minimum Gasteiger partial charge on any atom is -0.352 e. The fourth-order valence-electron chi connectivity index (χ4n) is 5.49. The summed E-state index contributed by atoms with van der Waals surface area (Å²) in [6.45, 7) is 2.56. The highest BCUT2D eigenvalue weighted by molar-refractivity contribution is 7.80. The fourth-order valence-corrected chi connectivity index (χ4v) is 5.82. The van der Waals surface area contributed by atoms with Crippen molar-refractivity contribution in [1.29, 1.82) is 0 Å². The number of carbonyl (C=O) groups is 1. The second kappa shape index (κ2) is 10.6. The van der Waals surface area contributed by atoms with Crippen LogP contribution in [0.3, 0.4) is 0 Å². The molecule has 0 bridgehead atoms. The Morgan fingerprint density at radius 3 is 2.74 bits per heavy atom. The SMILES string of the molecule is Cc1cccc(NC(=O)CCN2C(=S)NC(c3ccccn3)C2c2cccn2C2CCCCC2)c1. The summed E-state index contributed by atoms with van der Waals surface area (Å²) in [7, 11) is 0. The highest BCUT2D eigenvalue weighted by Crippen LogP contribution is 2.41. The summed E-state index contributed by atoms with van der Waals surface area (Å²) in [5.74, 6) is -0.0129. The molecule has 1 amide bonds. The maximum Gasteiger partial charge on any atom is 0.226 e. The van der Waals surface area contributed by atoms with Crippen LogP contribution in [-0.2, 0) is 4.79 Å². The zero-order valence-corrected chi connectivity index (χ0v) is 21.0. The van der Waals surface area contributed by atoms with Crippen molar-refractivity contribution in [2.24, 2.45) is 0 Å². The molecule has 7 heteroatoms. The number of aryl methyl sites for hydroxylation is 1. The molecule has 3 aromatic rings. The van der Waals surface area contributed by atoms with Crippen LogP contribution < -0.4 is 10.6 Å². The molecule has 1 aliphatic heterocycles. The number of rotatable bonds is 7. The second-order valence-corrected chi connectivity index (χ2v) is 10.0. The number of carbonyl (C=O) groups excluding carboxylic acids is 1. The first-order valence-electron chi connectivity index (χ1n) is 12.6. The van der Waals surface area contributed by atoms with Gasteiger partial charge in [0.05, 0.1) is 17.8 Å². The monoisotopic (exact) mass is 487 g/mol. The van der Waals surface area contributed by atoms with Crippen molar-refractivity contribution in [3.05, 3.63) is 83.9 Å². The zero-order chi connectivity index (χ0) is 24.2. The van der Waals surface area contributed by atoms with E-state index in [9.17, 15) is 4.79 Å². The van der Waals surface area contributed by atoms with E-state index in [1.54, 1.807) is 0 Å². The van der Waals surface area contributed by atoms with E-state index in [-0.39, 0.29) is 18.0 Å². The third kappa shape index (κ3) is 5.25. The molecule has 2 N–H and O–H groups in total. The highest BCUT2D eigenvalue weighted by atomic mass is 32.1. The molecule has 2 fully saturated rings. The van der Waals surface area contributed by atoms with Crippen molar-refractivity contribution in [3.63, 3.8) is 0 Å². The molecule has 182 valence electrons.